The number of thioether (sulfide) groups is 1. The molecule has 5 nitrogen and oxygen atoms in total. The van der Waals surface area contributed by atoms with E-state index in [2.05, 4.69) is 15.2 Å². The second-order valence-electron chi connectivity index (χ2n) is 3.35. The second-order valence-corrected chi connectivity index (χ2v) is 6.58. The Bertz CT molecular complexity index is 693. The van der Waals surface area contributed by atoms with Crippen molar-refractivity contribution in [3.63, 3.8) is 0 Å². The van der Waals surface area contributed by atoms with Gasteiger partial charge in [-0.15, -0.1) is 10.2 Å². The third-order valence-corrected chi connectivity index (χ3v) is 4.93. The Morgan fingerprint density at radius 1 is 1.28 bits per heavy atom. The van der Waals surface area contributed by atoms with E-state index in [9.17, 15) is 0 Å². The molecule has 0 bridgehead atoms. The normalized spacial score (nSPS) is 11.2. The van der Waals surface area contributed by atoms with Gasteiger partial charge in [0.15, 0.2) is 14.3 Å². The van der Waals surface area contributed by atoms with Crippen molar-refractivity contribution in [2.75, 3.05) is 12.0 Å². The van der Waals surface area contributed by atoms with E-state index in [1.165, 1.54) is 23.1 Å². The van der Waals surface area contributed by atoms with E-state index in [1.807, 2.05) is 12.3 Å². The SMILES string of the molecule is CSc1nnc(Sc2nc3cc(N)ccc3o2)s1. The molecule has 8 heteroatoms. The molecule has 92 valence electrons. The number of benzene rings is 1. The van der Waals surface area contributed by atoms with E-state index in [0.29, 0.717) is 10.9 Å². The molecule has 0 aliphatic rings. The number of nitrogens with zero attached hydrogens (tertiary/aromatic N) is 3. The highest BCUT2D eigenvalue weighted by Gasteiger charge is 2.11. The second kappa shape index (κ2) is 4.79. The number of rotatable bonds is 3. The zero-order chi connectivity index (χ0) is 12.5. The van der Waals surface area contributed by atoms with Crippen molar-refractivity contribution >= 4 is 51.6 Å². The van der Waals surface area contributed by atoms with Gasteiger partial charge in [0.05, 0.1) is 0 Å². The Balaban J connectivity index is 1.90. The lowest BCUT2D eigenvalue weighted by Gasteiger charge is -1.88. The minimum atomic E-state index is 0.555. The zero-order valence-corrected chi connectivity index (χ0v) is 11.7. The van der Waals surface area contributed by atoms with Crippen LogP contribution in [0.4, 0.5) is 5.69 Å². The van der Waals surface area contributed by atoms with Gasteiger partial charge in [-0.2, -0.15) is 0 Å². The highest BCUT2D eigenvalue weighted by molar-refractivity contribution is 8.02. The topological polar surface area (TPSA) is 77.8 Å². The Labute approximate surface area is 115 Å². The van der Waals surface area contributed by atoms with Gasteiger partial charge < -0.3 is 10.2 Å². The summed E-state index contributed by atoms with van der Waals surface area (Å²) in [6.07, 6.45) is 1.97. The largest absolute Gasteiger partial charge is 0.431 e. The molecule has 0 unspecified atom stereocenters. The van der Waals surface area contributed by atoms with Crippen LogP contribution in [0.1, 0.15) is 0 Å². The average Bonchev–Trinajstić information content (AvgIpc) is 2.95. The fourth-order valence-corrected chi connectivity index (χ4v) is 3.65. The van der Waals surface area contributed by atoms with E-state index in [4.69, 9.17) is 10.2 Å². The van der Waals surface area contributed by atoms with Gasteiger partial charge in [-0.25, -0.2) is 4.98 Å². The molecule has 18 heavy (non-hydrogen) atoms. The van der Waals surface area contributed by atoms with Crippen molar-refractivity contribution in [3.05, 3.63) is 18.2 Å². The number of anilines is 1. The molecular weight excluding hydrogens is 288 g/mol. The van der Waals surface area contributed by atoms with Crippen molar-refractivity contribution in [3.8, 4) is 0 Å². The Morgan fingerprint density at radius 3 is 2.89 bits per heavy atom. The first-order chi connectivity index (χ1) is 8.74. The summed E-state index contributed by atoms with van der Waals surface area (Å²) in [5.74, 6) is 0. The molecule has 1 aromatic carbocycles. The number of hydrogen-bond acceptors (Lipinski definition) is 8. The number of fused-ring (bicyclic) bond motifs is 1. The van der Waals surface area contributed by atoms with Gasteiger partial charge in [0.1, 0.15) is 5.52 Å². The summed E-state index contributed by atoms with van der Waals surface area (Å²) < 4.78 is 7.35. The molecule has 0 saturated carbocycles. The van der Waals surface area contributed by atoms with Crippen LogP contribution in [-0.4, -0.2) is 21.4 Å². The number of nitrogens with two attached hydrogens (primary N) is 1. The molecule has 2 aromatic heterocycles. The van der Waals surface area contributed by atoms with E-state index < -0.39 is 0 Å². The van der Waals surface area contributed by atoms with Crippen LogP contribution in [-0.2, 0) is 0 Å². The molecule has 0 radical (unpaired) electrons. The van der Waals surface area contributed by atoms with E-state index in [-0.39, 0.29) is 0 Å². The molecular formula is C10H8N4OS3. The van der Waals surface area contributed by atoms with Gasteiger partial charge in [-0.1, -0.05) is 23.1 Å². The van der Waals surface area contributed by atoms with Crippen molar-refractivity contribution in [1.29, 1.82) is 0 Å². The average molecular weight is 296 g/mol. The van der Waals surface area contributed by atoms with Crippen molar-refractivity contribution in [1.82, 2.24) is 15.2 Å². The summed E-state index contributed by atoms with van der Waals surface area (Å²) >= 11 is 4.46. The van der Waals surface area contributed by atoms with Crippen molar-refractivity contribution in [2.24, 2.45) is 0 Å². The summed E-state index contributed by atoms with van der Waals surface area (Å²) in [7, 11) is 0. The van der Waals surface area contributed by atoms with E-state index in [0.717, 1.165) is 19.8 Å². The standard InChI is InChI=1S/C10H8N4OS3/c1-16-9-13-14-10(18-9)17-8-12-6-4-5(11)2-3-7(6)15-8/h2-4H,11H2,1H3. The Kier molecular flexibility index (Phi) is 3.14. The summed E-state index contributed by atoms with van der Waals surface area (Å²) in [5.41, 5.74) is 7.85. The third-order valence-electron chi connectivity index (χ3n) is 2.13. The molecule has 0 atom stereocenters. The maximum Gasteiger partial charge on any atom is 0.264 e. The quantitative estimate of drug-likeness (QED) is 0.587. The maximum absolute atomic E-state index is 5.70. The first kappa shape index (κ1) is 11.8. The predicted molar refractivity (Wildman–Crippen MR) is 74.2 cm³/mol. The van der Waals surface area contributed by atoms with Crippen LogP contribution in [0.2, 0.25) is 0 Å². The van der Waals surface area contributed by atoms with Crippen LogP contribution < -0.4 is 5.73 Å². The lowest BCUT2D eigenvalue weighted by molar-refractivity contribution is 0.489. The van der Waals surface area contributed by atoms with E-state index in [1.54, 1.807) is 23.9 Å². The highest BCUT2D eigenvalue weighted by Crippen LogP contribution is 2.34. The van der Waals surface area contributed by atoms with Crippen molar-refractivity contribution < 1.29 is 4.42 Å². The van der Waals surface area contributed by atoms with Gasteiger partial charge >= 0.3 is 0 Å². The number of hydrogen-bond donors (Lipinski definition) is 1. The lowest BCUT2D eigenvalue weighted by atomic mass is 10.3. The third kappa shape index (κ3) is 2.31. The van der Waals surface area contributed by atoms with Crippen LogP contribution in [0.15, 0.2) is 36.5 Å². The minimum Gasteiger partial charge on any atom is -0.431 e. The zero-order valence-electron chi connectivity index (χ0n) is 9.28. The van der Waals surface area contributed by atoms with Crippen LogP contribution in [0.3, 0.4) is 0 Å². The molecule has 3 rings (SSSR count). The van der Waals surface area contributed by atoms with Crippen LogP contribution >= 0.6 is 34.9 Å². The first-order valence-electron chi connectivity index (χ1n) is 4.96. The fraction of sp³-hybridized carbons (Fsp3) is 0.100. The van der Waals surface area contributed by atoms with Gasteiger partial charge in [0, 0.05) is 17.4 Å². The lowest BCUT2D eigenvalue weighted by Crippen LogP contribution is -1.82. The molecule has 2 heterocycles. The predicted octanol–water partition coefficient (Wildman–Crippen LogP) is 3.13. The minimum absolute atomic E-state index is 0.555. The molecule has 3 aromatic rings. The Morgan fingerprint density at radius 2 is 2.11 bits per heavy atom. The molecule has 0 fully saturated rings. The number of oxazole rings is 1. The van der Waals surface area contributed by atoms with Gasteiger partial charge in [-0.05, 0) is 24.5 Å². The molecule has 0 amide bonds. The number of aromatic nitrogens is 3. The van der Waals surface area contributed by atoms with Gasteiger partial charge in [0.2, 0.25) is 0 Å². The smallest absolute Gasteiger partial charge is 0.264 e. The summed E-state index contributed by atoms with van der Waals surface area (Å²) in [4.78, 5) is 4.35. The van der Waals surface area contributed by atoms with Crippen molar-refractivity contribution in [2.45, 2.75) is 13.9 Å². The van der Waals surface area contributed by atoms with Gasteiger partial charge in [-0.3, -0.25) is 0 Å². The van der Waals surface area contributed by atoms with Gasteiger partial charge in [0.25, 0.3) is 5.22 Å². The highest BCUT2D eigenvalue weighted by atomic mass is 32.2. The molecule has 0 aliphatic heterocycles. The van der Waals surface area contributed by atoms with Crippen LogP contribution in [0, 0.1) is 0 Å². The number of nitrogen functional groups attached to an aromatic ring is 1. The monoisotopic (exact) mass is 296 g/mol. The maximum atomic E-state index is 5.70. The fourth-order valence-electron chi connectivity index (χ4n) is 1.36. The molecule has 2 N–H and O–H groups in total. The summed E-state index contributed by atoms with van der Waals surface area (Å²) in [5, 5.41) is 8.63. The molecule has 0 saturated heterocycles. The van der Waals surface area contributed by atoms with Crippen LogP contribution in [0.5, 0.6) is 0 Å². The first-order valence-corrected chi connectivity index (χ1v) is 7.82. The Hall–Kier alpha value is -1.25. The molecule has 0 aliphatic carbocycles. The molecule has 0 spiro atoms. The van der Waals surface area contributed by atoms with Crippen LogP contribution in [0.25, 0.3) is 11.1 Å². The summed E-state index contributed by atoms with van der Waals surface area (Å²) in [6, 6.07) is 5.39. The summed E-state index contributed by atoms with van der Waals surface area (Å²) in [6.45, 7) is 0. The van der Waals surface area contributed by atoms with E-state index >= 15 is 0 Å².